The van der Waals surface area contributed by atoms with Crippen LogP contribution in [-0.4, -0.2) is 62.4 Å². The number of methoxy groups -OCH3 is 1. The molecule has 1 aromatic carbocycles. The van der Waals surface area contributed by atoms with Crippen molar-refractivity contribution in [3.63, 3.8) is 0 Å². The number of hydrogen-bond donors (Lipinski definition) is 3. The van der Waals surface area contributed by atoms with Gasteiger partial charge in [-0.05, 0) is 44.0 Å². The zero-order valence-electron chi connectivity index (χ0n) is 17.4. The molecule has 2 aliphatic heterocycles. The molecule has 0 saturated carbocycles. The van der Waals surface area contributed by atoms with E-state index in [1.165, 1.54) is 0 Å². The molecule has 3 rings (SSSR count). The van der Waals surface area contributed by atoms with E-state index >= 15 is 0 Å². The van der Waals surface area contributed by atoms with Gasteiger partial charge in [0.05, 0.1) is 17.5 Å². The number of carbonyl (C=O) groups is 1. The van der Waals surface area contributed by atoms with Crippen molar-refractivity contribution in [3.8, 4) is 11.8 Å². The largest absolute Gasteiger partial charge is 0.485 e. The van der Waals surface area contributed by atoms with Crippen LogP contribution in [0.25, 0.3) is 0 Å². The Morgan fingerprint density at radius 2 is 1.93 bits per heavy atom. The summed E-state index contributed by atoms with van der Waals surface area (Å²) in [5, 5.41) is 22.8. The van der Waals surface area contributed by atoms with Gasteiger partial charge in [-0.1, -0.05) is 0 Å². The van der Waals surface area contributed by atoms with Crippen LogP contribution in [0.1, 0.15) is 37.8 Å². The summed E-state index contributed by atoms with van der Waals surface area (Å²) >= 11 is 0. The van der Waals surface area contributed by atoms with Crippen molar-refractivity contribution in [2.75, 3.05) is 27.9 Å². The second-order valence-corrected chi connectivity index (χ2v) is 6.04. The van der Waals surface area contributed by atoms with E-state index in [2.05, 4.69) is 11.1 Å². The number of nitriles is 1. The van der Waals surface area contributed by atoms with E-state index in [4.69, 9.17) is 35.5 Å². The lowest BCUT2D eigenvalue weighted by molar-refractivity contribution is -0.0980. The molecule has 28 heavy (non-hydrogen) atoms. The van der Waals surface area contributed by atoms with Gasteiger partial charge in [0.2, 0.25) is 0 Å². The third kappa shape index (κ3) is 8.95. The molecule has 0 aromatic heterocycles. The Labute approximate surface area is 167 Å². The molecule has 158 valence electrons. The van der Waals surface area contributed by atoms with E-state index in [-0.39, 0.29) is 11.7 Å². The summed E-state index contributed by atoms with van der Waals surface area (Å²) in [5.41, 5.74) is 6.67. The Kier molecular flexibility index (Phi) is 15.4. The van der Waals surface area contributed by atoms with E-state index in [1.807, 2.05) is 32.8 Å². The predicted octanol–water partition coefficient (Wildman–Crippen LogP) is 1.46. The first kappa shape index (κ1) is 27.7. The van der Waals surface area contributed by atoms with Gasteiger partial charge in [-0.2, -0.15) is 5.26 Å². The molecule has 1 unspecified atom stereocenters. The second kappa shape index (κ2) is 15.6. The molecule has 0 saturated heterocycles. The van der Waals surface area contributed by atoms with Gasteiger partial charge in [0, 0.05) is 40.7 Å². The lowest BCUT2D eigenvalue weighted by atomic mass is 9.90. The van der Waals surface area contributed by atoms with Crippen molar-refractivity contribution >= 4 is 12.6 Å². The van der Waals surface area contributed by atoms with Crippen LogP contribution >= 0.6 is 0 Å². The summed E-state index contributed by atoms with van der Waals surface area (Å²) in [5.74, 6) is 1.69. The highest BCUT2D eigenvalue weighted by Gasteiger charge is 2.37. The van der Waals surface area contributed by atoms with Crippen LogP contribution in [0.15, 0.2) is 23.2 Å². The number of nitrogens with zero attached hydrogens (tertiary/aromatic N) is 2. The molecular weight excluding hydrogens is 362 g/mol. The zero-order valence-corrected chi connectivity index (χ0v) is 17.4. The Hall–Kier alpha value is -2.47. The van der Waals surface area contributed by atoms with Crippen LogP contribution < -0.4 is 10.5 Å². The lowest BCUT2D eigenvalue weighted by Crippen LogP contribution is -2.47. The number of aliphatic imine (C=N–C) groups is 1. The van der Waals surface area contributed by atoms with Crippen molar-refractivity contribution in [1.82, 2.24) is 0 Å². The van der Waals surface area contributed by atoms with E-state index in [1.54, 1.807) is 13.2 Å². The molecule has 0 fully saturated rings. The number of hydrogen-bond acceptors (Lipinski definition) is 8. The number of fused-ring (bicyclic) bond motifs is 1. The summed E-state index contributed by atoms with van der Waals surface area (Å²) in [6.45, 7) is 6.98. The van der Waals surface area contributed by atoms with E-state index in [0.29, 0.717) is 5.56 Å². The van der Waals surface area contributed by atoms with Crippen LogP contribution in [0.5, 0.6) is 5.75 Å². The summed E-state index contributed by atoms with van der Waals surface area (Å²) in [6, 6.07) is 7.65. The molecule has 2 heterocycles. The van der Waals surface area contributed by atoms with Gasteiger partial charge in [0.1, 0.15) is 24.2 Å². The highest BCUT2D eigenvalue weighted by atomic mass is 16.5. The van der Waals surface area contributed by atoms with Gasteiger partial charge in [0.25, 0.3) is 0 Å². The maximum atomic E-state index is 8.84. The highest BCUT2D eigenvalue weighted by molar-refractivity contribution is 5.81. The number of nitrogens with two attached hydrogens (primary N) is 1. The predicted molar refractivity (Wildman–Crippen MR) is 109 cm³/mol. The van der Waals surface area contributed by atoms with Gasteiger partial charge in [0.15, 0.2) is 0 Å². The number of carbonyl (C=O) groups excluding carboxylic acids is 1. The maximum absolute atomic E-state index is 8.84. The molecule has 0 spiro atoms. The molecule has 0 bridgehead atoms. The molecule has 8 heteroatoms. The van der Waals surface area contributed by atoms with Gasteiger partial charge in [-0.3, -0.25) is 4.99 Å². The third-order valence-electron chi connectivity index (χ3n) is 3.93. The minimum Gasteiger partial charge on any atom is -0.485 e. The Balaban J connectivity index is 0. The number of amidine groups is 1. The Bertz CT molecular complexity index is 627. The van der Waals surface area contributed by atoms with E-state index in [0.717, 1.165) is 57.2 Å². The molecule has 0 aliphatic carbocycles. The molecule has 0 radical (unpaired) electrons. The fourth-order valence-corrected chi connectivity index (χ4v) is 2.63. The fourth-order valence-electron chi connectivity index (χ4n) is 2.63. The zero-order chi connectivity index (χ0) is 22.2. The number of ether oxygens (including phenoxy) is 2. The molecular formula is C20H33N3O5. The minimum absolute atomic E-state index is 0.0222. The number of aliphatic hydroxyl groups excluding tert-OH is 2. The van der Waals surface area contributed by atoms with Crippen molar-refractivity contribution in [2.24, 2.45) is 10.7 Å². The first-order chi connectivity index (χ1) is 13.5. The van der Waals surface area contributed by atoms with Crippen LogP contribution in [-0.2, 0) is 16.0 Å². The average Bonchev–Trinajstić information content (AvgIpc) is 3.22. The number of aliphatic hydroxyl groups is 2. The van der Waals surface area contributed by atoms with E-state index < -0.39 is 0 Å². The maximum Gasteiger partial charge on any atom is 0.130 e. The summed E-state index contributed by atoms with van der Waals surface area (Å²) in [6.07, 6.45) is 2.98. The fraction of sp³-hybridized carbons (Fsp3) is 0.550. The molecule has 4 N–H and O–H groups in total. The van der Waals surface area contributed by atoms with Crippen molar-refractivity contribution in [3.05, 3.63) is 29.3 Å². The molecule has 1 aromatic rings. The summed E-state index contributed by atoms with van der Waals surface area (Å²) < 4.78 is 11.3. The van der Waals surface area contributed by atoms with Crippen molar-refractivity contribution in [2.45, 2.75) is 44.8 Å². The average molecular weight is 396 g/mol. The number of benzene rings is 1. The van der Waals surface area contributed by atoms with Gasteiger partial charge >= 0.3 is 0 Å². The monoisotopic (exact) mass is 395 g/mol. The number of rotatable bonds is 1. The molecule has 2 aliphatic rings. The topological polar surface area (TPSA) is 138 Å². The standard InChI is InChI=1S/C13H15NO2.C4H8N2.2CH4O.CH2O/c1-13(2)12(15-3)7-10-6-9(8-14)4-5-11(10)16-13;5-4-2-1-3-6-4;3*1-2/h4-6,12H,7H2,1-3H3;1-3H2,(H2,5,6);2*2H,1H3;1H2. The van der Waals surface area contributed by atoms with Crippen LogP contribution in [0, 0.1) is 11.3 Å². The molecule has 0 amide bonds. The molecule has 1 atom stereocenters. The van der Waals surface area contributed by atoms with Gasteiger partial charge in [-0.25, -0.2) is 0 Å². The Morgan fingerprint density at radius 3 is 2.32 bits per heavy atom. The Morgan fingerprint density at radius 1 is 1.32 bits per heavy atom. The van der Waals surface area contributed by atoms with Crippen LogP contribution in [0.2, 0.25) is 0 Å². The van der Waals surface area contributed by atoms with Crippen LogP contribution in [0.4, 0.5) is 0 Å². The van der Waals surface area contributed by atoms with E-state index in [9.17, 15) is 0 Å². The first-order valence-corrected chi connectivity index (χ1v) is 8.68. The van der Waals surface area contributed by atoms with Gasteiger partial charge < -0.3 is 30.2 Å². The highest BCUT2D eigenvalue weighted by Crippen LogP contribution is 2.34. The SMILES string of the molecule is C=O.CO.CO.COC1Cc2cc(C#N)ccc2OC1(C)C.NC1=NCCC1. The third-order valence-corrected chi connectivity index (χ3v) is 3.93. The molecule has 8 nitrogen and oxygen atoms in total. The quantitative estimate of drug-likeness (QED) is 0.654. The second-order valence-electron chi connectivity index (χ2n) is 6.04. The minimum atomic E-state index is -0.324. The summed E-state index contributed by atoms with van der Waals surface area (Å²) in [4.78, 5) is 11.9. The lowest BCUT2D eigenvalue weighted by Gasteiger charge is -2.39. The normalized spacial score (nSPS) is 17.5. The smallest absolute Gasteiger partial charge is 0.130 e. The van der Waals surface area contributed by atoms with Crippen molar-refractivity contribution in [1.29, 1.82) is 5.26 Å². The van der Waals surface area contributed by atoms with Crippen molar-refractivity contribution < 1.29 is 24.5 Å². The summed E-state index contributed by atoms with van der Waals surface area (Å²) in [7, 11) is 3.69. The van der Waals surface area contributed by atoms with Gasteiger partial charge in [-0.15, -0.1) is 0 Å². The van der Waals surface area contributed by atoms with Crippen LogP contribution in [0.3, 0.4) is 0 Å². The first-order valence-electron chi connectivity index (χ1n) is 8.68.